The second-order valence-electron chi connectivity index (χ2n) is 8.70. The summed E-state index contributed by atoms with van der Waals surface area (Å²) in [6.45, 7) is 8.49. The molecule has 0 atom stereocenters. The van der Waals surface area contributed by atoms with Crippen molar-refractivity contribution in [3.63, 3.8) is 0 Å². The first kappa shape index (κ1) is 25.7. The number of rotatable bonds is 19. The first-order valence-electron chi connectivity index (χ1n) is 11.4. The number of nitrogens with zero attached hydrogens (tertiary/aromatic N) is 1. The molecule has 0 bridgehead atoms. The summed E-state index contributed by atoms with van der Waals surface area (Å²) in [6.07, 6.45) is 23.8. The Morgan fingerprint density at radius 2 is 1.15 bits per heavy atom. The maximum absolute atomic E-state index is 5.83. The van der Waals surface area contributed by atoms with Crippen molar-refractivity contribution >= 4 is 0 Å². The summed E-state index contributed by atoms with van der Waals surface area (Å²) in [5.74, 6) is 0. The Labute approximate surface area is 165 Å². The molecule has 0 amide bonds. The Kier molecular flexibility index (Phi) is 17.8. The topological polar surface area (TPSA) is 12.5 Å². The van der Waals surface area contributed by atoms with E-state index in [-0.39, 0.29) is 5.54 Å². The van der Waals surface area contributed by atoms with Crippen molar-refractivity contribution in [3.05, 3.63) is 12.2 Å². The molecule has 0 radical (unpaired) electrons. The van der Waals surface area contributed by atoms with Gasteiger partial charge in [-0.3, -0.25) is 0 Å². The van der Waals surface area contributed by atoms with Gasteiger partial charge in [-0.15, -0.1) is 0 Å². The maximum atomic E-state index is 5.83. The number of hydrogen-bond donors (Lipinski definition) is 0. The Morgan fingerprint density at radius 3 is 1.65 bits per heavy atom. The van der Waals surface area contributed by atoms with E-state index in [9.17, 15) is 0 Å². The molecular formula is C24H49NO. The highest BCUT2D eigenvalue weighted by atomic mass is 16.5. The van der Waals surface area contributed by atoms with Gasteiger partial charge in [0.25, 0.3) is 0 Å². The molecule has 0 aliphatic heterocycles. The van der Waals surface area contributed by atoms with Gasteiger partial charge in [0, 0.05) is 12.1 Å². The minimum atomic E-state index is 0.141. The van der Waals surface area contributed by atoms with Gasteiger partial charge in [0.1, 0.15) is 0 Å². The van der Waals surface area contributed by atoms with Gasteiger partial charge in [0.05, 0.1) is 6.61 Å². The molecule has 0 rings (SSSR count). The lowest BCUT2D eigenvalue weighted by Gasteiger charge is -2.32. The van der Waals surface area contributed by atoms with Crippen molar-refractivity contribution in [1.82, 2.24) is 4.90 Å². The molecule has 0 aliphatic rings. The van der Waals surface area contributed by atoms with E-state index in [2.05, 4.69) is 51.9 Å². The van der Waals surface area contributed by atoms with Crippen LogP contribution < -0.4 is 0 Å². The molecule has 0 fully saturated rings. The Bertz CT molecular complexity index is 309. The van der Waals surface area contributed by atoms with Crippen LogP contribution in [0.1, 0.15) is 111 Å². The predicted molar refractivity (Wildman–Crippen MR) is 118 cm³/mol. The fourth-order valence-electron chi connectivity index (χ4n) is 2.90. The van der Waals surface area contributed by atoms with Gasteiger partial charge < -0.3 is 9.64 Å². The largest absolute Gasteiger partial charge is 0.380 e. The third-order valence-electron chi connectivity index (χ3n) is 5.47. The summed E-state index contributed by atoms with van der Waals surface area (Å²) in [4.78, 5) is 2.23. The first-order chi connectivity index (χ1) is 12.5. The molecule has 2 heteroatoms. The molecule has 0 unspecified atom stereocenters. The minimum absolute atomic E-state index is 0.141. The van der Waals surface area contributed by atoms with Crippen LogP contribution in [0.5, 0.6) is 0 Å². The Morgan fingerprint density at radius 1 is 0.692 bits per heavy atom. The van der Waals surface area contributed by atoms with Crippen LogP contribution in [0, 0.1) is 0 Å². The van der Waals surface area contributed by atoms with Gasteiger partial charge >= 0.3 is 0 Å². The normalized spacial score (nSPS) is 12.5. The van der Waals surface area contributed by atoms with Crippen molar-refractivity contribution in [1.29, 1.82) is 0 Å². The summed E-state index contributed by atoms with van der Waals surface area (Å²) in [5, 5.41) is 0. The average molecular weight is 368 g/mol. The summed E-state index contributed by atoms with van der Waals surface area (Å²) in [6, 6.07) is 0. The fraction of sp³-hybridized carbons (Fsp3) is 0.917. The molecule has 0 aromatic heterocycles. The summed E-state index contributed by atoms with van der Waals surface area (Å²) < 4.78 is 5.83. The molecule has 0 spiro atoms. The summed E-state index contributed by atoms with van der Waals surface area (Å²) in [7, 11) is 4.24. The molecule has 0 saturated heterocycles. The zero-order chi connectivity index (χ0) is 19.5. The first-order valence-corrected chi connectivity index (χ1v) is 11.4. The number of ether oxygens (including phenoxy) is 1. The van der Waals surface area contributed by atoms with Crippen molar-refractivity contribution < 1.29 is 4.74 Å². The number of allylic oxidation sites excluding steroid dienone is 2. The molecule has 156 valence electrons. The van der Waals surface area contributed by atoms with E-state index in [0.717, 1.165) is 13.2 Å². The monoisotopic (exact) mass is 367 g/mol. The van der Waals surface area contributed by atoms with E-state index < -0.39 is 0 Å². The molecule has 0 saturated carbocycles. The van der Waals surface area contributed by atoms with Gasteiger partial charge in [-0.05, 0) is 60.0 Å². The molecule has 0 heterocycles. The SMILES string of the molecule is CCCCCCCC/C=C\CCCCCCCCOCC(C)(C)N(C)C. The van der Waals surface area contributed by atoms with Crippen molar-refractivity contribution in [2.45, 2.75) is 116 Å². The van der Waals surface area contributed by atoms with Crippen LogP contribution in [0.3, 0.4) is 0 Å². The molecule has 0 aliphatic carbocycles. The van der Waals surface area contributed by atoms with E-state index in [0.29, 0.717) is 0 Å². The van der Waals surface area contributed by atoms with Gasteiger partial charge in [-0.25, -0.2) is 0 Å². The van der Waals surface area contributed by atoms with Crippen LogP contribution in [0.15, 0.2) is 12.2 Å². The zero-order valence-corrected chi connectivity index (χ0v) is 18.8. The van der Waals surface area contributed by atoms with E-state index in [1.165, 1.54) is 89.9 Å². The maximum Gasteiger partial charge on any atom is 0.0644 e. The third-order valence-corrected chi connectivity index (χ3v) is 5.47. The zero-order valence-electron chi connectivity index (χ0n) is 18.8. The quantitative estimate of drug-likeness (QED) is 0.174. The minimum Gasteiger partial charge on any atom is -0.380 e. The van der Waals surface area contributed by atoms with Crippen LogP contribution in [0.25, 0.3) is 0 Å². The Balaban J connectivity index is 3.21. The van der Waals surface area contributed by atoms with E-state index >= 15 is 0 Å². The van der Waals surface area contributed by atoms with Gasteiger partial charge in [0.2, 0.25) is 0 Å². The molecule has 0 aromatic rings. The highest BCUT2D eigenvalue weighted by Crippen LogP contribution is 2.12. The van der Waals surface area contributed by atoms with E-state index in [4.69, 9.17) is 4.74 Å². The third kappa shape index (κ3) is 17.1. The van der Waals surface area contributed by atoms with E-state index in [1.54, 1.807) is 0 Å². The van der Waals surface area contributed by atoms with Crippen LogP contribution in [0.4, 0.5) is 0 Å². The highest BCUT2D eigenvalue weighted by Gasteiger charge is 2.19. The number of unbranched alkanes of at least 4 members (excludes halogenated alkanes) is 12. The standard InChI is InChI=1S/C24H49NO/c1-6-7-8-9-10-11-12-13-14-15-16-17-18-19-20-21-22-26-23-24(2,3)25(4)5/h13-14H,6-12,15-23H2,1-5H3/b14-13-. The van der Waals surface area contributed by atoms with Gasteiger partial charge in [-0.1, -0.05) is 76.9 Å². The fourth-order valence-corrected chi connectivity index (χ4v) is 2.90. The molecule has 26 heavy (non-hydrogen) atoms. The highest BCUT2D eigenvalue weighted by molar-refractivity contribution is 4.81. The number of likely N-dealkylation sites (N-methyl/N-ethyl adjacent to an activating group) is 1. The van der Waals surface area contributed by atoms with E-state index in [1.807, 2.05) is 0 Å². The lowest BCUT2D eigenvalue weighted by Crippen LogP contribution is -2.42. The lowest BCUT2D eigenvalue weighted by atomic mass is 10.1. The predicted octanol–water partition coefficient (Wildman–Crippen LogP) is 7.38. The van der Waals surface area contributed by atoms with Crippen molar-refractivity contribution in [3.8, 4) is 0 Å². The van der Waals surface area contributed by atoms with Crippen LogP contribution in [-0.4, -0.2) is 37.7 Å². The second-order valence-corrected chi connectivity index (χ2v) is 8.70. The van der Waals surface area contributed by atoms with Gasteiger partial charge in [-0.2, -0.15) is 0 Å². The molecule has 2 nitrogen and oxygen atoms in total. The molecule has 0 aromatic carbocycles. The second kappa shape index (κ2) is 18.0. The van der Waals surface area contributed by atoms with Crippen molar-refractivity contribution in [2.24, 2.45) is 0 Å². The van der Waals surface area contributed by atoms with Crippen molar-refractivity contribution in [2.75, 3.05) is 27.3 Å². The number of hydrogen-bond acceptors (Lipinski definition) is 2. The van der Waals surface area contributed by atoms with Gasteiger partial charge in [0.15, 0.2) is 0 Å². The summed E-state index contributed by atoms with van der Waals surface area (Å²) in [5.41, 5.74) is 0.141. The molecular weight excluding hydrogens is 318 g/mol. The lowest BCUT2D eigenvalue weighted by molar-refractivity contribution is 0.0345. The van der Waals surface area contributed by atoms with Crippen LogP contribution in [0.2, 0.25) is 0 Å². The Hall–Kier alpha value is -0.340. The molecule has 0 N–H and O–H groups in total. The average Bonchev–Trinajstić information content (AvgIpc) is 2.60. The smallest absolute Gasteiger partial charge is 0.0644 e. The van der Waals surface area contributed by atoms with Crippen LogP contribution >= 0.6 is 0 Å². The summed E-state index contributed by atoms with van der Waals surface area (Å²) >= 11 is 0. The van der Waals surface area contributed by atoms with Crippen LogP contribution in [-0.2, 0) is 4.74 Å².